The number of aliphatic hydroxyl groups excluding tert-OH is 1. The van der Waals surface area contributed by atoms with Crippen molar-refractivity contribution in [3.05, 3.63) is 67.5 Å². The summed E-state index contributed by atoms with van der Waals surface area (Å²) in [6.45, 7) is 6.03. The van der Waals surface area contributed by atoms with E-state index < -0.39 is 6.10 Å². The zero-order chi connectivity index (χ0) is 14.2. The van der Waals surface area contributed by atoms with E-state index in [1.54, 1.807) is 6.07 Å². The molecule has 2 aromatic carbocycles. The van der Waals surface area contributed by atoms with Gasteiger partial charge in [0.25, 0.3) is 0 Å². The van der Waals surface area contributed by atoms with Gasteiger partial charge in [0, 0.05) is 3.57 Å². The van der Waals surface area contributed by atoms with Crippen LogP contribution in [0.2, 0.25) is 0 Å². The van der Waals surface area contributed by atoms with Crippen LogP contribution in [0, 0.1) is 30.2 Å². The van der Waals surface area contributed by atoms with Gasteiger partial charge in [0.15, 0.2) is 0 Å². The molecule has 2 rings (SSSR count). The molecule has 1 atom stereocenters. The molecule has 0 spiro atoms. The van der Waals surface area contributed by atoms with Crippen molar-refractivity contribution in [2.75, 3.05) is 0 Å². The molecule has 0 saturated carbocycles. The van der Waals surface area contributed by atoms with Crippen molar-refractivity contribution in [1.82, 2.24) is 0 Å². The van der Waals surface area contributed by atoms with Gasteiger partial charge < -0.3 is 5.11 Å². The fourth-order valence-corrected chi connectivity index (χ4v) is 3.27. The van der Waals surface area contributed by atoms with Gasteiger partial charge in [0.05, 0.1) is 0 Å². The van der Waals surface area contributed by atoms with Crippen molar-refractivity contribution in [3.63, 3.8) is 0 Å². The summed E-state index contributed by atoms with van der Waals surface area (Å²) in [7, 11) is 0. The monoisotopic (exact) mass is 370 g/mol. The topological polar surface area (TPSA) is 20.2 Å². The SMILES string of the molecule is Cc1cc(C)c(C(O)c2ccc(F)cc2I)c(C)c1. The van der Waals surface area contributed by atoms with Gasteiger partial charge in [-0.2, -0.15) is 0 Å². The van der Waals surface area contributed by atoms with Gasteiger partial charge in [0.1, 0.15) is 11.9 Å². The molecule has 0 saturated heterocycles. The van der Waals surface area contributed by atoms with Gasteiger partial charge >= 0.3 is 0 Å². The normalized spacial score (nSPS) is 12.5. The first-order valence-corrected chi connectivity index (χ1v) is 7.18. The Kier molecular flexibility index (Phi) is 4.26. The van der Waals surface area contributed by atoms with Crippen LogP contribution in [-0.4, -0.2) is 5.11 Å². The number of aliphatic hydroxyl groups is 1. The number of hydrogen-bond donors (Lipinski definition) is 1. The third kappa shape index (κ3) is 2.98. The summed E-state index contributed by atoms with van der Waals surface area (Å²) in [5, 5.41) is 10.6. The molecule has 100 valence electrons. The second-order valence-electron chi connectivity index (χ2n) is 4.88. The van der Waals surface area contributed by atoms with Crippen LogP contribution in [0.3, 0.4) is 0 Å². The van der Waals surface area contributed by atoms with E-state index in [2.05, 4.69) is 34.7 Å². The molecule has 1 N–H and O–H groups in total. The van der Waals surface area contributed by atoms with E-state index >= 15 is 0 Å². The molecule has 0 aliphatic carbocycles. The number of halogens is 2. The van der Waals surface area contributed by atoms with E-state index in [1.165, 1.54) is 17.7 Å². The summed E-state index contributed by atoms with van der Waals surface area (Å²) in [6, 6.07) is 8.60. The van der Waals surface area contributed by atoms with E-state index in [0.717, 1.165) is 25.8 Å². The molecular formula is C16H16FIO. The Hall–Kier alpha value is -0.940. The van der Waals surface area contributed by atoms with Gasteiger partial charge in [-0.1, -0.05) is 23.8 Å². The van der Waals surface area contributed by atoms with Crippen LogP contribution in [0.4, 0.5) is 4.39 Å². The van der Waals surface area contributed by atoms with Crippen molar-refractivity contribution < 1.29 is 9.50 Å². The molecule has 0 radical (unpaired) electrons. The highest BCUT2D eigenvalue weighted by Gasteiger charge is 2.18. The van der Waals surface area contributed by atoms with Gasteiger partial charge in [-0.3, -0.25) is 0 Å². The van der Waals surface area contributed by atoms with Crippen LogP contribution in [0.5, 0.6) is 0 Å². The first-order chi connectivity index (χ1) is 8.90. The fraction of sp³-hybridized carbons (Fsp3) is 0.250. The molecule has 0 aromatic heterocycles. The molecule has 0 bridgehead atoms. The van der Waals surface area contributed by atoms with E-state index in [4.69, 9.17) is 0 Å². The van der Waals surface area contributed by atoms with Crippen LogP contribution in [0.25, 0.3) is 0 Å². The van der Waals surface area contributed by atoms with Crippen molar-refractivity contribution >= 4 is 22.6 Å². The van der Waals surface area contributed by atoms with Crippen LogP contribution in [-0.2, 0) is 0 Å². The predicted octanol–water partition coefficient (Wildman–Crippen LogP) is 4.44. The van der Waals surface area contributed by atoms with Crippen LogP contribution < -0.4 is 0 Å². The average molecular weight is 370 g/mol. The lowest BCUT2D eigenvalue weighted by Crippen LogP contribution is -2.07. The fourth-order valence-electron chi connectivity index (χ4n) is 2.50. The molecule has 0 aliphatic rings. The van der Waals surface area contributed by atoms with E-state index in [0.29, 0.717) is 0 Å². The molecule has 19 heavy (non-hydrogen) atoms. The smallest absolute Gasteiger partial charge is 0.124 e. The van der Waals surface area contributed by atoms with Crippen LogP contribution >= 0.6 is 22.6 Å². The minimum atomic E-state index is -0.715. The summed E-state index contributed by atoms with van der Waals surface area (Å²) >= 11 is 2.06. The molecule has 1 unspecified atom stereocenters. The lowest BCUT2D eigenvalue weighted by atomic mass is 9.92. The maximum atomic E-state index is 13.1. The first-order valence-electron chi connectivity index (χ1n) is 6.11. The summed E-state index contributed by atoms with van der Waals surface area (Å²) in [5.74, 6) is -0.280. The van der Waals surface area contributed by atoms with Crippen LogP contribution in [0.15, 0.2) is 30.3 Å². The molecule has 0 amide bonds. The zero-order valence-corrected chi connectivity index (χ0v) is 13.3. The maximum Gasteiger partial charge on any atom is 0.124 e. The first kappa shape index (κ1) is 14.5. The minimum Gasteiger partial charge on any atom is -0.384 e. The van der Waals surface area contributed by atoms with Crippen LogP contribution in [0.1, 0.15) is 33.9 Å². The zero-order valence-electron chi connectivity index (χ0n) is 11.2. The minimum absolute atomic E-state index is 0.280. The second-order valence-corrected chi connectivity index (χ2v) is 6.04. The van der Waals surface area contributed by atoms with E-state index in [-0.39, 0.29) is 5.82 Å². The Morgan fingerprint density at radius 2 is 1.63 bits per heavy atom. The van der Waals surface area contributed by atoms with Crippen molar-refractivity contribution in [2.24, 2.45) is 0 Å². The Labute approximate surface area is 126 Å². The quantitative estimate of drug-likeness (QED) is 0.776. The number of aryl methyl sites for hydroxylation is 3. The highest BCUT2D eigenvalue weighted by molar-refractivity contribution is 14.1. The third-order valence-electron chi connectivity index (χ3n) is 3.27. The highest BCUT2D eigenvalue weighted by Crippen LogP contribution is 2.31. The highest BCUT2D eigenvalue weighted by atomic mass is 127. The molecule has 2 aromatic rings. The molecular weight excluding hydrogens is 354 g/mol. The lowest BCUT2D eigenvalue weighted by Gasteiger charge is -2.19. The number of hydrogen-bond acceptors (Lipinski definition) is 1. The maximum absolute atomic E-state index is 13.1. The van der Waals surface area contributed by atoms with Gasteiger partial charge in [0.2, 0.25) is 0 Å². The standard InChI is InChI=1S/C16H16FIO/c1-9-6-10(2)15(11(3)7-9)16(19)13-5-4-12(17)8-14(13)18/h4-8,16,19H,1-3H3. The Bertz CT molecular complexity index is 599. The summed E-state index contributed by atoms with van der Waals surface area (Å²) in [4.78, 5) is 0. The average Bonchev–Trinajstić information content (AvgIpc) is 2.26. The summed E-state index contributed by atoms with van der Waals surface area (Å²) in [6.07, 6.45) is -0.715. The molecule has 0 fully saturated rings. The number of benzene rings is 2. The van der Waals surface area contributed by atoms with Gasteiger partial charge in [-0.05, 0) is 77.7 Å². The number of rotatable bonds is 2. The Balaban J connectivity index is 2.53. The second kappa shape index (κ2) is 5.59. The van der Waals surface area contributed by atoms with Crippen molar-refractivity contribution in [3.8, 4) is 0 Å². The van der Waals surface area contributed by atoms with Crippen molar-refractivity contribution in [1.29, 1.82) is 0 Å². The Morgan fingerprint density at radius 3 is 2.16 bits per heavy atom. The van der Waals surface area contributed by atoms with Crippen molar-refractivity contribution in [2.45, 2.75) is 26.9 Å². The Morgan fingerprint density at radius 1 is 1.05 bits per heavy atom. The molecule has 0 aliphatic heterocycles. The molecule has 0 heterocycles. The lowest BCUT2D eigenvalue weighted by molar-refractivity contribution is 0.217. The summed E-state index contributed by atoms with van der Waals surface area (Å²) in [5.41, 5.74) is 4.96. The largest absolute Gasteiger partial charge is 0.384 e. The van der Waals surface area contributed by atoms with E-state index in [9.17, 15) is 9.50 Å². The van der Waals surface area contributed by atoms with Gasteiger partial charge in [-0.25, -0.2) is 4.39 Å². The molecule has 3 heteroatoms. The van der Waals surface area contributed by atoms with E-state index in [1.807, 2.05) is 20.8 Å². The predicted molar refractivity (Wildman–Crippen MR) is 83.8 cm³/mol. The third-order valence-corrected chi connectivity index (χ3v) is 4.20. The molecule has 1 nitrogen and oxygen atoms in total. The summed E-state index contributed by atoms with van der Waals surface area (Å²) < 4.78 is 13.9. The van der Waals surface area contributed by atoms with Gasteiger partial charge in [-0.15, -0.1) is 0 Å².